The van der Waals surface area contributed by atoms with Crippen LogP contribution >= 0.6 is 0 Å². The van der Waals surface area contributed by atoms with Gasteiger partial charge >= 0.3 is 0 Å². The van der Waals surface area contributed by atoms with Crippen LogP contribution in [0.3, 0.4) is 0 Å². The van der Waals surface area contributed by atoms with E-state index in [2.05, 4.69) is 29.1 Å². The number of rotatable bonds is 11. The van der Waals surface area contributed by atoms with Crippen LogP contribution in [0.5, 0.6) is 0 Å². The molecule has 0 amide bonds. The Kier molecular flexibility index (Phi) is 8.74. The monoisotopic (exact) mass is 254 g/mol. The molecule has 0 aromatic rings. The summed E-state index contributed by atoms with van der Waals surface area (Å²) in [6.45, 7) is 5.38. The molecule has 1 heterocycles. The Morgan fingerprint density at radius 1 is 0.833 bits per heavy atom. The summed E-state index contributed by atoms with van der Waals surface area (Å²) in [7, 11) is 0. The van der Waals surface area contributed by atoms with E-state index in [1.807, 2.05) is 0 Å². The summed E-state index contributed by atoms with van der Waals surface area (Å²) in [5.74, 6) is 0. The van der Waals surface area contributed by atoms with Crippen molar-refractivity contribution in [3.05, 3.63) is 12.4 Å². The van der Waals surface area contributed by atoms with Crippen molar-refractivity contribution in [2.45, 2.75) is 58.3 Å². The fraction of sp³-hybridized carbons (Fsp3) is 0.867. The van der Waals surface area contributed by atoms with E-state index in [4.69, 9.17) is 5.11 Å². The minimum absolute atomic E-state index is 0.246. The summed E-state index contributed by atoms with van der Waals surface area (Å²) in [5, 5.41) is 8.85. The van der Waals surface area contributed by atoms with Gasteiger partial charge in [-0.2, -0.15) is 0 Å². The zero-order chi connectivity index (χ0) is 13.1. The first-order valence-corrected chi connectivity index (χ1v) is 7.64. The first-order chi connectivity index (χ1) is 8.86. The van der Waals surface area contributed by atoms with Crippen molar-refractivity contribution in [2.24, 2.45) is 0 Å². The molecule has 0 saturated carbocycles. The molecule has 1 rings (SSSR count). The van der Waals surface area contributed by atoms with Gasteiger partial charge in [0.05, 0.1) is 13.3 Å². The molecule has 1 N–H and O–H groups in total. The minimum Gasteiger partial charge on any atom is -0.395 e. The van der Waals surface area contributed by atoms with Crippen LogP contribution in [0.25, 0.3) is 0 Å². The molecular formula is C15H30N2O. The van der Waals surface area contributed by atoms with Gasteiger partial charge < -0.3 is 14.9 Å². The number of aliphatic hydroxyl groups is 1. The number of β-amino-alcohol motifs (C(OH)–C–C–N with tert-alkyl or cyclic N) is 1. The predicted molar refractivity (Wildman–Crippen MR) is 77.1 cm³/mol. The highest BCUT2D eigenvalue weighted by Gasteiger charge is 2.10. The van der Waals surface area contributed by atoms with Crippen LogP contribution in [0.1, 0.15) is 58.3 Å². The first-order valence-electron chi connectivity index (χ1n) is 7.64. The number of hydrogen-bond donors (Lipinski definition) is 1. The molecule has 0 aromatic heterocycles. The van der Waals surface area contributed by atoms with Gasteiger partial charge in [-0.3, -0.25) is 0 Å². The highest BCUT2D eigenvalue weighted by atomic mass is 16.3. The molecular weight excluding hydrogens is 224 g/mol. The molecule has 18 heavy (non-hydrogen) atoms. The molecule has 1 aliphatic rings. The van der Waals surface area contributed by atoms with E-state index in [0.717, 1.165) is 19.8 Å². The third-order valence-electron chi connectivity index (χ3n) is 3.54. The lowest BCUT2D eigenvalue weighted by Crippen LogP contribution is -2.27. The second kappa shape index (κ2) is 10.2. The van der Waals surface area contributed by atoms with Crippen molar-refractivity contribution in [3.8, 4) is 0 Å². The van der Waals surface area contributed by atoms with Crippen molar-refractivity contribution >= 4 is 0 Å². The van der Waals surface area contributed by atoms with Gasteiger partial charge in [0.2, 0.25) is 0 Å². The van der Waals surface area contributed by atoms with Crippen molar-refractivity contribution in [3.63, 3.8) is 0 Å². The van der Waals surface area contributed by atoms with Gasteiger partial charge in [0.15, 0.2) is 0 Å². The summed E-state index contributed by atoms with van der Waals surface area (Å²) < 4.78 is 0. The molecule has 0 bridgehead atoms. The van der Waals surface area contributed by atoms with Gasteiger partial charge in [-0.05, 0) is 6.42 Å². The summed E-state index contributed by atoms with van der Waals surface area (Å²) >= 11 is 0. The van der Waals surface area contributed by atoms with Gasteiger partial charge in [0, 0.05) is 25.5 Å². The van der Waals surface area contributed by atoms with E-state index < -0.39 is 0 Å². The van der Waals surface area contributed by atoms with Gasteiger partial charge in [-0.25, -0.2) is 0 Å². The number of aliphatic hydroxyl groups excluding tert-OH is 1. The van der Waals surface area contributed by atoms with Crippen molar-refractivity contribution in [1.82, 2.24) is 9.80 Å². The smallest absolute Gasteiger partial charge is 0.0894 e. The minimum atomic E-state index is 0.246. The zero-order valence-electron chi connectivity index (χ0n) is 12.0. The zero-order valence-corrected chi connectivity index (χ0v) is 12.0. The molecule has 0 unspecified atom stereocenters. The standard InChI is InChI=1S/C15H30N2O/c1-2-3-4-5-6-7-8-9-10-16-11-12-17(15-16)13-14-18/h11-12,18H,2-10,13-15H2,1H3. The van der Waals surface area contributed by atoms with Crippen molar-refractivity contribution in [1.29, 1.82) is 0 Å². The van der Waals surface area contributed by atoms with E-state index in [0.29, 0.717) is 0 Å². The maximum atomic E-state index is 8.85. The molecule has 106 valence electrons. The Morgan fingerprint density at radius 2 is 1.39 bits per heavy atom. The van der Waals surface area contributed by atoms with E-state index in [1.54, 1.807) is 0 Å². The van der Waals surface area contributed by atoms with E-state index >= 15 is 0 Å². The molecule has 1 aliphatic heterocycles. The number of unbranched alkanes of at least 4 members (excludes halogenated alkanes) is 7. The Balaban J connectivity index is 1.86. The molecule has 0 atom stereocenters. The SMILES string of the molecule is CCCCCCCCCCN1C=CN(CCO)C1. The lowest BCUT2D eigenvalue weighted by Gasteiger charge is -2.20. The van der Waals surface area contributed by atoms with E-state index in [9.17, 15) is 0 Å². The Bertz CT molecular complexity index is 219. The molecule has 0 spiro atoms. The van der Waals surface area contributed by atoms with Crippen LogP contribution in [0.15, 0.2) is 12.4 Å². The third kappa shape index (κ3) is 6.90. The summed E-state index contributed by atoms with van der Waals surface area (Å²) in [6, 6.07) is 0. The molecule has 0 aliphatic carbocycles. The maximum absolute atomic E-state index is 8.85. The fourth-order valence-electron chi connectivity index (χ4n) is 2.38. The predicted octanol–water partition coefficient (Wildman–Crippen LogP) is 3.17. The van der Waals surface area contributed by atoms with Crippen molar-refractivity contribution in [2.75, 3.05) is 26.4 Å². The van der Waals surface area contributed by atoms with Crippen LogP contribution in [0.4, 0.5) is 0 Å². The van der Waals surface area contributed by atoms with Gasteiger partial charge in [-0.1, -0.05) is 51.9 Å². The van der Waals surface area contributed by atoms with Gasteiger partial charge in [0.1, 0.15) is 0 Å². The Hall–Kier alpha value is -0.700. The molecule has 0 fully saturated rings. The molecule has 3 nitrogen and oxygen atoms in total. The van der Waals surface area contributed by atoms with Crippen LogP contribution in [-0.2, 0) is 0 Å². The number of hydrogen-bond acceptors (Lipinski definition) is 3. The van der Waals surface area contributed by atoms with Gasteiger partial charge in [0.25, 0.3) is 0 Å². The quantitative estimate of drug-likeness (QED) is 0.574. The normalized spacial score (nSPS) is 14.8. The average molecular weight is 254 g/mol. The van der Waals surface area contributed by atoms with Gasteiger partial charge in [-0.15, -0.1) is 0 Å². The molecule has 0 radical (unpaired) electrons. The molecule has 0 aromatic carbocycles. The first kappa shape index (κ1) is 15.4. The summed E-state index contributed by atoms with van der Waals surface area (Å²) in [5.41, 5.74) is 0. The van der Waals surface area contributed by atoms with E-state index in [-0.39, 0.29) is 6.61 Å². The highest BCUT2D eigenvalue weighted by molar-refractivity contribution is 4.90. The number of nitrogens with zero attached hydrogens (tertiary/aromatic N) is 2. The van der Waals surface area contributed by atoms with Crippen LogP contribution in [-0.4, -0.2) is 41.3 Å². The molecule has 3 heteroatoms. The topological polar surface area (TPSA) is 26.7 Å². The van der Waals surface area contributed by atoms with Crippen LogP contribution in [0, 0.1) is 0 Å². The largest absolute Gasteiger partial charge is 0.395 e. The second-order valence-electron chi connectivity index (χ2n) is 5.26. The fourth-order valence-corrected chi connectivity index (χ4v) is 2.38. The third-order valence-corrected chi connectivity index (χ3v) is 3.54. The van der Waals surface area contributed by atoms with Crippen molar-refractivity contribution < 1.29 is 5.11 Å². The average Bonchev–Trinajstić information content (AvgIpc) is 2.81. The second-order valence-corrected chi connectivity index (χ2v) is 5.26. The summed E-state index contributed by atoms with van der Waals surface area (Å²) in [6.07, 6.45) is 15.3. The maximum Gasteiger partial charge on any atom is 0.0894 e. The Labute approximate surface area is 112 Å². The highest BCUT2D eigenvalue weighted by Crippen LogP contribution is 2.11. The van der Waals surface area contributed by atoms with Crippen LogP contribution < -0.4 is 0 Å². The lowest BCUT2D eigenvalue weighted by atomic mass is 10.1. The lowest BCUT2D eigenvalue weighted by molar-refractivity contribution is 0.204. The van der Waals surface area contributed by atoms with E-state index in [1.165, 1.54) is 51.4 Å². The molecule has 0 saturated heterocycles. The Morgan fingerprint density at radius 3 is 2.00 bits per heavy atom. The van der Waals surface area contributed by atoms with Crippen LogP contribution in [0.2, 0.25) is 0 Å². The summed E-state index contributed by atoms with van der Waals surface area (Å²) in [4.78, 5) is 4.50.